The van der Waals surface area contributed by atoms with Crippen molar-refractivity contribution in [2.24, 2.45) is 0 Å². The lowest BCUT2D eigenvalue weighted by Gasteiger charge is -2.34. The lowest BCUT2D eigenvalue weighted by Crippen LogP contribution is -2.37. The van der Waals surface area contributed by atoms with E-state index in [0.29, 0.717) is 12.1 Å². The first kappa shape index (κ1) is 31.4. The Kier molecular flexibility index (Phi) is 11.4. The van der Waals surface area contributed by atoms with Crippen LogP contribution in [0, 0.1) is 0 Å². The van der Waals surface area contributed by atoms with E-state index in [0.717, 1.165) is 26.2 Å². The fourth-order valence-electron chi connectivity index (χ4n) is 3.00. The highest BCUT2D eigenvalue weighted by molar-refractivity contribution is 7.07. The minimum Gasteiger partial charge on any atom is -0.475 e. The normalized spacial score (nSPS) is 16.1. The average molecular weight is 547 g/mol. The monoisotopic (exact) mass is 546 g/mol. The van der Waals surface area contributed by atoms with E-state index in [-0.39, 0.29) is 0 Å². The van der Waals surface area contributed by atoms with Crippen molar-refractivity contribution in [1.29, 1.82) is 0 Å². The van der Waals surface area contributed by atoms with E-state index in [2.05, 4.69) is 65.2 Å². The van der Waals surface area contributed by atoms with Crippen LogP contribution in [0.5, 0.6) is 0 Å². The van der Waals surface area contributed by atoms with E-state index >= 15 is 0 Å². The van der Waals surface area contributed by atoms with Gasteiger partial charge < -0.3 is 14.8 Å². The zero-order chi connectivity index (χ0) is 27.8. The van der Waals surface area contributed by atoms with Crippen LogP contribution in [0.3, 0.4) is 0 Å². The van der Waals surface area contributed by atoms with E-state index in [1.165, 1.54) is 17.1 Å². The van der Waals surface area contributed by atoms with E-state index in [9.17, 15) is 26.3 Å². The molecule has 1 atom stereocenters. The van der Waals surface area contributed by atoms with Gasteiger partial charge in [-0.05, 0) is 50.2 Å². The molecule has 0 fully saturated rings. The fraction of sp³-hybridized carbons (Fsp3) is 0.571. The molecule has 3 heterocycles. The van der Waals surface area contributed by atoms with Gasteiger partial charge in [-0.3, -0.25) is 9.80 Å². The van der Waals surface area contributed by atoms with E-state index in [1.807, 2.05) is 0 Å². The number of halogens is 6. The van der Waals surface area contributed by atoms with Gasteiger partial charge >= 0.3 is 24.3 Å². The van der Waals surface area contributed by atoms with Gasteiger partial charge in [-0.15, -0.1) is 0 Å². The molecule has 0 aromatic carbocycles. The number of hydrogen-bond donors (Lipinski definition) is 2. The van der Waals surface area contributed by atoms with Crippen LogP contribution in [0.1, 0.15) is 43.9 Å². The Bertz CT molecular complexity index is 952. The molecule has 1 aliphatic rings. The number of imidazole rings is 1. The number of thiophene rings is 1. The SMILES string of the molecule is CC(C)N(C)Cc1cnc2n1CCN(Cc1ccsc1)C2C.O=C(O)C(F)(F)F.O=C(O)C(F)(F)F. The molecule has 0 bridgehead atoms. The van der Waals surface area contributed by atoms with Crippen molar-refractivity contribution < 1.29 is 46.1 Å². The Hall–Kier alpha value is -2.65. The minimum absolute atomic E-state index is 0.381. The second kappa shape index (κ2) is 13.1. The number of carboxylic acids is 2. The smallest absolute Gasteiger partial charge is 0.475 e. The van der Waals surface area contributed by atoms with Crippen molar-refractivity contribution in [3.8, 4) is 0 Å². The lowest BCUT2D eigenvalue weighted by molar-refractivity contribution is -0.193. The summed E-state index contributed by atoms with van der Waals surface area (Å²) in [6, 6.07) is 3.16. The number of alkyl halides is 6. The molecule has 0 aliphatic carbocycles. The number of carbonyl (C=O) groups is 2. The molecule has 2 N–H and O–H groups in total. The fourth-order valence-corrected chi connectivity index (χ4v) is 3.66. The lowest BCUT2D eigenvalue weighted by atomic mass is 10.2. The summed E-state index contributed by atoms with van der Waals surface area (Å²) in [5.41, 5.74) is 2.75. The molecule has 3 rings (SSSR count). The Morgan fingerprint density at radius 2 is 1.67 bits per heavy atom. The number of aromatic nitrogens is 2. The standard InChI is InChI=1S/C17H26N4S.2C2HF3O2/c1-13(2)19(4)11-16-9-18-17-14(3)20(6-7-21(16)17)10-15-5-8-22-12-15;2*3-2(4,5)1(6)7/h5,8-9,12-14H,6-7,10-11H2,1-4H3;2*(H,6,7). The zero-order valence-electron chi connectivity index (χ0n) is 20.0. The summed E-state index contributed by atoms with van der Waals surface area (Å²) in [5.74, 6) is -4.30. The first-order valence-electron chi connectivity index (χ1n) is 10.5. The van der Waals surface area contributed by atoms with Crippen molar-refractivity contribution in [3.05, 3.63) is 40.1 Å². The maximum Gasteiger partial charge on any atom is 0.490 e. The average Bonchev–Trinajstić information content (AvgIpc) is 3.40. The van der Waals surface area contributed by atoms with Crippen molar-refractivity contribution in [3.63, 3.8) is 0 Å². The molecule has 204 valence electrons. The van der Waals surface area contributed by atoms with E-state index in [1.54, 1.807) is 11.3 Å². The van der Waals surface area contributed by atoms with Gasteiger partial charge in [0, 0.05) is 38.4 Å². The van der Waals surface area contributed by atoms with Gasteiger partial charge in [0.25, 0.3) is 0 Å². The van der Waals surface area contributed by atoms with Crippen LogP contribution >= 0.6 is 11.3 Å². The number of rotatable bonds is 5. The van der Waals surface area contributed by atoms with Crippen molar-refractivity contribution in [2.45, 2.75) is 64.8 Å². The van der Waals surface area contributed by atoms with Crippen molar-refractivity contribution >= 4 is 23.3 Å². The Labute approximate surface area is 207 Å². The van der Waals surface area contributed by atoms with Gasteiger partial charge in [0.2, 0.25) is 0 Å². The van der Waals surface area contributed by atoms with E-state index in [4.69, 9.17) is 24.8 Å². The Morgan fingerprint density at radius 1 is 1.14 bits per heavy atom. The predicted molar refractivity (Wildman–Crippen MR) is 119 cm³/mol. The number of hydrogen-bond acceptors (Lipinski definition) is 6. The number of carboxylic acid groups (broad SMARTS) is 2. The third-order valence-electron chi connectivity index (χ3n) is 5.25. The van der Waals surface area contributed by atoms with Gasteiger partial charge in [0.05, 0.1) is 11.7 Å². The quantitative estimate of drug-likeness (QED) is 0.528. The molecule has 2 aromatic heterocycles. The summed E-state index contributed by atoms with van der Waals surface area (Å²) in [6.07, 6.45) is -8.10. The van der Waals surface area contributed by atoms with Gasteiger partial charge in [-0.2, -0.15) is 37.7 Å². The molecule has 15 heteroatoms. The maximum atomic E-state index is 10.6. The highest BCUT2D eigenvalue weighted by Crippen LogP contribution is 2.27. The van der Waals surface area contributed by atoms with Gasteiger partial charge in [-0.25, -0.2) is 14.6 Å². The predicted octanol–water partition coefficient (Wildman–Crippen LogP) is 4.63. The van der Waals surface area contributed by atoms with E-state index < -0.39 is 24.3 Å². The Balaban J connectivity index is 0.000000383. The zero-order valence-corrected chi connectivity index (χ0v) is 20.8. The van der Waals surface area contributed by atoms with Crippen LogP contribution in [0.2, 0.25) is 0 Å². The first-order valence-corrected chi connectivity index (χ1v) is 11.5. The largest absolute Gasteiger partial charge is 0.490 e. The van der Waals surface area contributed by atoms with Crippen LogP contribution in [0.25, 0.3) is 0 Å². The first-order chi connectivity index (χ1) is 16.4. The van der Waals surface area contributed by atoms with Gasteiger partial charge in [0.1, 0.15) is 5.82 Å². The highest BCUT2D eigenvalue weighted by Gasteiger charge is 2.38. The molecule has 0 saturated carbocycles. The van der Waals surface area contributed by atoms with Crippen LogP contribution in [0.4, 0.5) is 26.3 Å². The molecular formula is C21H28F6N4O4S. The topological polar surface area (TPSA) is 98.9 Å². The molecule has 8 nitrogen and oxygen atoms in total. The molecule has 0 amide bonds. The molecular weight excluding hydrogens is 518 g/mol. The van der Waals surface area contributed by atoms with Crippen molar-refractivity contribution in [2.75, 3.05) is 13.6 Å². The summed E-state index contributed by atoms with van der Waals surface area (Å²) in [4.78, 5) is 27.4. The van der Waals surface area contributed by atoms with Crippen LogP contribution in [-0.2, 0) is 29.2 Å². The summed E-state index contributed by atoms with van der Waals surface area (Å²) in [6.45, 7) is 10.9. The van der Waals surface area contributed by atoms with Crippen molar-refractivity contribution in [1.82, 2.24) is 19.4 Å². The van der Waals surface area contributed by atoms with Crippen LogP contribution in [0.15, 0.2) is 23.0 Å². The molecule has 1 unspecified atom stereocenters. The Morgan fingerprint density at radius 3 is 2.08 bits per heavy atom. The second-order valence-electron chi connectivity index (χ2n) is 8.15. The number of fused-ring (bicyclic) bond motifs is 1. The summed E-state index contributed by atoms with van der Waals surface area (Å²) >= 11 is 1.78. The van der Waals surface area contributed by atoms with Crippen LogP contribution in [-0.4, -0.2) is 73.5 Å². The summed E-state index contributed by atoms with van der Waals surface area (Å²) < 4.78 is 65.9. The molecule has 0 spiro atoms. The number of aliphatic carboxylic acids is 2. The third-order valence-corrected chi connectivity index (χ3v) is 5.98. The molecule has 0 radical (unpaired) electrons. The van der Waals surface area contributed by atoms with Gasteiger partial charge in [0.15, 0.2) is 0 Å². The van der Waals surface area contributed by atoms with Gasteiger partial charge in [-0.1, -0.05) is 0 Å². The van der Waals surface area contributed by atoms with Crippen LogP contribution < -0.4 is 0 Å². The second-order valence-corrected chi connectivity index (χ2v) is 8.93. The maximum absolute atomic E-state index is 10.6. The molecule has 1 aliphatic heterocycles. The summed E-state index contributed by atoms with van der Waals surface area (Å²) in [7, 11) is 2.18. The minimum atomic E-state index is -5.08. The molecule has 2 aromatic rings. The third kappa shape index (κ3) is 9.78. The summed E-state index contributed by atoms with van der Waals surface area (Å²) in [5, 5.41) is 18.7. The molecule has 36 heavy (non-hydrogen) atoms. The molecule has 0 saturated heterocycles. The number of nitrogens with zero attached hydrogens (tertiary/aromatic N) is 4. The highest BCUT2D eigenvalue weighted by atomic mass is 32.1.